The van der Waals surface area contributed by atoms with E-state index in [1.165, 1.54) is 19.3 Å². The van der Waals surface area contributed by atoms with E-state index < -0.39 is 0 Å². The molecule has 1 heterocycles. The lowest BCUT2D eigenvalue weighted by atomic mass is 9.92. The summed E-state index contributed by atoms with van der Waals surface area (Å²) in [7, 11) is 3.48. The Labute approximate surface area is 144 Å². The van der Waals surface area contributed by atoms with Gasteiger partial charge in [0.2, 0.25) is 0 Å². The molecule has 0 radical (unpaired) electrons. The van der Waals surface area contributed by atoms with E-state index in [1.54, 1.807) is 19.0 Å². The summed E-state index contributed by atoms with van der Waals surface area (Å²) in [6.07, 6.45) is 6.07. The summed E-state index contributed by atoms with van der Waals surface area (Å²) in [5.41, 5.74) is 1.68. The van der Waals surface area contributed by atoms with E-state index in [0.717, 1.165) is 24.9 Å². The molecule has 0 bridgehead atoms. The Hall–Kier alpha value is -2.04. The van der Waals surface area contributed by atoms with Crippen LogP contribution in [0.1, 0.15) is 48.0 Å². The number of amides is 3. The SMILES string of the molecule is CN(C)C(=O)c1ccc(CNC(=O)N2CCC[C@@H]3CCC[C@H]32)cc1. The number of piperidine rings is 1. The number of benzene rings is 1. The summed E-state index contributed by atoms with van der Waals surface area (Å²) in [6.45, 7) is 1.38. The van der Waals surface area contributed by atoms with E-state index in [-0.39, 0.29) is 11.9 Å². The van der Waals surface area contributed by atoms with Crippen LogP contribution in [0.4, 0.5) is 4.79 Å². The Morgan fingerprint density at radius 2 is 1.83 bits per heavy atom. The van der Waals surface area contributed by atoms with Gasteiger partial charge < -0.3 is 15.1 Å². The molecule has 0 aromatic heterocycles. The van der Waals surface area contributed by atoms with E-state index in [9.17, 15) is 9.59 Å². The molecule has 2 fully saturated rings. The van der Waals surface area contributed by atoms with Gasteiger partial charge in [0.15, 0.2) is 0 Å². The first-order valence-corrected chi connectivity index (χ1v) is 8.91. The second-order valence-electron chi connectivity index (χ2n) is 7.15. The Morgan fingerprint density at radius 1 is 1.12 bits per heavy atom. The number of hydrogen-bond donors (Lipinski definition) is 1. The van der Waals surface area contributed by atoms with Crippen molar-refractivity contribution >= 4 is 11.9 Å². The monoisotopic (exact) mass is 329 g/mol. The molecule has 1 aliphatic carbocycles. The largest absolute Gasteiger partial charge is 0.345 e. The highest BCUT2D eigenvalue weighted by molar-refractivity contribution is 5.93. The van der Waals surface area contributed by atoms with E-state index >= 15 is 0 Å². The first kappa shape index (κ1) is 16.8. The fourth-order valence-corrected chi connectivity index (χ4v) is 4.01. The quantitative estimate of drug-likeness (QED) is 0.927. The summed E-state index contributed by atoms with van der Waals surface area (Å²) in [5.74, 6) is 0.701. The van der Waals surface area contributed by atoms with Crippen molar-refractivity contribution in [3.63, 3.8) is 0 Å². The number of carbonyl (C=O) groups is 2. The van der Waals surface area contributed by atoms with Crippen molar-refractivity contribution in [2.75, 3.05) is 20.6 Å². The lowest BCUT2D eigenvalue weighted by molar-refractivity contribution is 0.0827. The van der Waals surface area contributed by atoms with E-state index in [2.05, 4.69) is 5.32 Å². The number of nitrogens with zero attached hydrogens (tertiary/aromatic N) is 2. The molecule has 1 aromatic carbocycles. The van der Waals surface area contributed by atoms with Crippen LogP contribution in [0.3, 0.4) is 0 Å². The molecule has 2 atom stereocenters. The van der Waals surface area contributed by atoms with Gasteiger partial charge in [-0.3, -0.25) is 4.79 Å². The molecule has 5 heteroatoms. The van der Waals surface area contributed by atoms with Crippen molar-refractivity contribution in [1.82, 2.24) is 15.1 Å². The maximum absolute atomic E-state index is 12.5. The van der Waals surface area contributed by atoms with Crippen LogP contribution in [0, 0.1) is 5.92 Å². The van der Waals surface area contributed by atoms with Gasteiger partial charge in [-0.2, -0.15) is 0 Å². The van der Waals surface area contributed by atoms with Crippen LogP contribution >= 0.6 is 0 Å². The van der Waals surface area contributed by atoms with Crippen LogP contribution in [-0.2, 0) is 6.54 Å². The van der Waals surface area contributed by atoms with Crippen LogP contribution < -0.4 is 5.32 Å². The topological polar surface area (TPSA) is 52.7 Å². The maximum atomic E-state index is 12.5. The third-order valence-corrected chi connectivity index (χ3v) is 5.30. The third-order valence-electron chi connectivity index (χ3n) is 5.30. The molecular weight excluding hydrogens is 302 g/mol. The van der Waals surface area contributed by atoms with E-state index in [0.29, 0.717) is 24.1 Å². The molecule has 3 rings (SSSR count). The molecule has 1 N–H and O–H groups in total. The van der Waals surface area contributed by atoms with E-state index in [4.69, 9.17) is 0 Å². The Kier molecular flexibility index (Phi) is 5.07. The predicted molar refractivity (Wildman–Crippen MR) is 93.8 cm³/mol. The molecule has 1 aromatic rings. The van der Waals surface area contributed by atoms with Crippen LogP contribution in [0.25, 0.3) is 0 Å². The number of urea groups is 1. The molecule has 0 unspecified atom stereocenters. The van der Waals surface area contributed by atoms with Gasteiger partial charge in [-0.15, -0.1) is 0 Å². The summed E-state index contributed by atoms with van der Waals surface area (Å²) < 4.78 is 0. The molecule has 5 nitrogen and oxygen atoms in total. The van der Waals surface area contributed by atoms with Gasteiger partial charge in [0.05, 0.1) is 0 Å². The standard InChI is InChI=1S/C19H27N3O2/c1-21(2)18(23)16-10-8-14(9-11-16)13-20-19(24)22-12-4-6-15-5-3-7-17(15)22/h8-11,15,17H,3-7,12-13H2,1-2H3,(H,20,24)/t15-,17+/m0/s1. The lowest BCUT2D eigenvalue weighted by Crippen LogP contribution is -2.50. The maximum Gasteiger partial charge on any atom is 0.317 e. The number of carbonyl (C=O) groups excluding carboxylic acids is 2. The minimum atomic E-state index is -0.00817. The number of likely N-dealkylation sites (tertiary alicyclic amines) is 1. The molecule has 130 valence electrons. The first-order valence-electron chi connectivity index (χ1n) is 8.91. The normalized spacial score (nSPS) is 22.8. The van der Waals surface area contributed by atoms with Crippen molar-refractivity contribution in [3.8, 4) is 0 Å². The lowest BCUT2D eigenvalue weighted by Gasteiger charge is -2.37. The second kappa shape index (κ2) is 7.24. The summed E-state index contributed by atoms with van der Waals surface area (Å²) in [5, 5.41) is 3.04. The Morgan fingerprint density at radius 3 is 2.54 bits per heavy atom. The van der Waals surface area contributed by atoms with Gasteiger partial charge >= 0.3 is 6.03 Å². The van der Waals surface area contributed by atoms with Crippen molar-refractivity contribution in [2.45, 2.75) is 44.7 Å². The van der Waals surface area contributed by atoms with Crippen molar-refractivity contribution in [1.29, 1.82) is 0 Å². The third kappa shape index (κ3) is 3.55. The minimum Gasteiger partial charge on any atom is -0.345 e. The molecule has 2 aliphatic rings. The van der Waals surface area contributed by atoms with Gasteiger partial charge in [0.1, 0.15) is 0 Å². The van der Waals surface area contributed by atoms with Gasteiger partial charge in [0, 0.05) is 38.8 Å². The molecule has 1 saturated carbocycles. The highest BCUT2D eigenvalue weighted by Crippen LogP contribution is 2.36. The average molecular weight is 329 g/mol. The fourth-order valence-electron chi connectivity index (χ4n) is 4.01. The number of hydrogen-bond acceptors (Lipinski definition) is 2. The molecule has 1 aliphatic heterocycles. The number of nitrogens with one attached hydrogen (secondary N) is 1. The summed E-state index contributed by atoms with van der Waals surface area (Å²) in [4.78, 5) is 28.0. The number of fused-ring (bicyclic) bond motifs is 1. The smallest absolute Gasteiger partial charge is 0.317 e. The van der Waals surface area contributed by atoms with Gasteiger partial charge in [-0.25, -0.2) is 4.79 Å². The highest BCUT2D eigenvalue weighted by Gasteiger charge is 2.37. The highest BCUT2D eigenvalue weighted by atomic mass is 16.2. The van der Waals surface area contributed by atoms with Crippen LogP contribution in [0.5, 0.6) is 0 Å². The molecule has 1 saturated heterocycles. The van der Waals surface area contributed by atoms with Crippen molar-refractivity contribution in [2.24, 2.45) is 5.92 Å². The van der Waals surface area contributed by atoms with Crippen LogP contribution in [0.15, 0.2) is 24.3 Å². The minimum absolute atomic E-state index is 0.00817. The van der Waals surface area contributed by atoms with Gasteiger partial charge in [-0.1, -0.05) is 18.6 Å². The van der Waals surface area contributed by atoms with Gasteiger partial charge in [-0.05, 0) is 49.3 Å². The zero-order valence-electron chi connectivity index (χ0n) is 14.6. The van der Waals surface area contributed by atoms with Crippen molar-refractivity contribution in [3.05, 3.63) is 35.4 Å². The Bertz CT molecular complexity index is 597. The zero-order valence-corrected chi connectivity index (χ0v) is 14.6. The second-order valence-corrected chi connectivity index (χ2v) is 7.15. The fraction of sp³-hybridized carbons (Fsp3) is 0.579. The molecule has 3 amide bonds. The van der Waals surface area contributed by atoms with Crippen LogP contribution in [0.2, 0.25) is 0 Å². The van der Waals surface area contributed by atoms with Crippen molar-refractivity contribution < 1.29 is 9.59 Å². The zero-order chi connectivity index (χ0) is 17.1. The average Bonchev–Trinajstić information content (AvgIpc) is 3.08. The molecular formula is C19H27N3O2. The Balaban J connectivity index is 1.55. The molecule has 0 spiro atoms. The van der Waals surface area contributed by atoms with Gasteiger partial charge in [0.25, 0.3) is 5.91 Å². The van der Waals surface area contributed by atoms with Crippen LogP contribution in [-0.4, -0.2) is 48.4 Å². The molecule has 24 heavy (non-hydrogen) atoms. The number of rotatable bonds is 3. The van der Waals surface area contributed by atoms with E-state index in [1.807, 2.05) is 29.2 Å². The first-order chi connectivity index (χ1) is 11.6. The summed E-state index contributed by atoms with van der Waals surface area (Å²) in [6, 6.07) is 7.95. The summed E-state index contributed by atoms with van der Waals surface area (Å²) >= 11 is 0. The predicted octanol–water partition coefficient (Wildman–Crippen LogP) is 2.86.